The number of methoxy groups -OCH3 is 2. The largest absolute Gasteiger partial charge is 0.481 e. The Kier molecular flexibility index (Phi) is 9.02. The highest BCUT2D eigenvalue weighted by Gasteiger charge is 2.60. The summed E-state index contributed by atoms with van der Waals surface area (Å²) in [5, 5.41) is 14.6. The van der Waals surface area contributed by atoms with Crippen LogP contribution >= 0.6 is 0 Å². The minimum atomic E-state index is -1.04. The van der Waals surface area contributed by atoms with Crippen LogP contribution < -0.4 is 10.1 Å². The number of amides is 1. The number of aromatic nitrogens is 1. The van der Waals surface area contributed by atoms with E-state index in [2.05, 4.69) is 11.4 Å². The van der Waals surface area contributed by atoms with Crippen molar-refractivity contribution in [2.24, 2.45) is 23.7 Å². The van der Waals surface area contributed by atoms with Crippen LogP contribution in [0.1, 0.15) is 100 Å². The van der Waals surface area contributed by atoms with Crippen molar-refractivity contribution in [3.63, 3.8) is 0 Å². The maximum atomic E-state index is 14.4. The highest BCUT2D eigenvalue weighted by atomic mass is 16.5. The number of nitrogens with zero attached hydrogens (tertiary/aromatic N) is 2. The number of carboxylic acid groups (broad SMARTS) is 1. The predicted octanol–water partition coefficient (Wildman–Crippen LogP) is 6.11. The molecule has 1 saturated heterocycles. The van der Waals surface area contributed by atoms with E-state index in [0.29, 0.717) is 18.3 Å². The molecule has 2 bridgehead atoms. The van der Waals surface area contributed by atoms with Crippen LogP contribution in [0.2, 0.25) is 0 Å². The quantitative estimate of drug-likeness (QED) is 0.338. The third-order valence-electron chi connectivity index (χ3n) is 11.4. The number of hydrogen-bond donors (Lipinski definition) is 2. The Morgan fingerprint density at radius 1 is 1.02 bits per heavy atom. The lowest BCUT2D eigenvalue weighted by molar-refractivity contribution is -0.156. The van der Waals surface area contributed by atoms with E-state index in [0.717, 1.165) is 55.1 Å². The molecule has 238 valence electrons. The summed E-state index contributed by atoms with van der Waals surface area (Å²) in [6.07, 6.45) is 11.9. The molecule has 1 aromatic carbocycles. The molecule has 4 fully saturated rings. The van der Waals surface area contributed by atoms with Crippen LogP contribution in [-0.4, -0.2) is 58.8 Å². The number of carbonyl (C=O) groups excluding carboxylic acids is 1. The van der Waals surface area contributed by atoms with Gasteiger partial charge in [-0.2, -0.15) is 0 Å². The number of carboxylic acids is 1. The van der Waals surface area contributed by atoms with Gasteiger partial charge in [0.2, 0.25) is 11.8 Å². The van der Waals surface area contributed by atoms with Crippen molar-refractivity contribution in [2.45, 2.75) is 108 Å². The van der Waals surface area contributed by atoms with Crippen molar-refractivity contribution in [3.8, 4) is 5.88 Å². The fraction of sp³-hybridized carbons (Fsp3) is 0.639. The van der Waals surface area contributed by atoms with Crippen molar-refractivity contribution in [1.29, 1.82) is 0 Å². The second-order valence-corrected chi connectivity index (χ2v) is 14.2. The van der Waals surface area contributed by atoms with Crippen molar-refractivity contribution in [3.05, 3.63) is 59.3 Å². The van der Waals surface area contributed by atoms with Gasteiger partial charge in [0.25, 0.3) is 0 Å². The first-order valence-corrected chi connectivity index (χ1v) is 16.6. The number of carbonyl (C=O) groups is 2. The molecule has 4 aliphatic rings. The molecule has 0 radical (unpaired) electrons. The Labute approximate surface area is 261 Å². The molecule has 1 aromatic heterocycles. The van der Waals surface area contributed by atoms with Crippen molar-refractivity contribution < 1.29 is 24.2 Å². The van der Waals surface area contributed by atoms with Crippen molar-refractivity contribution in [1.82, 2.24) is 15.2 Å². The van der Waals surface area contributed by atoms with E-state index < -0.39 is 35.6 Å². The summed E-state index contributed by atoms with van der Waals surface area (Å²) in [5.74, 6) is 0.949. The van der Waals surface area contributed by atoms with Crippen molar-refractivity contribution >= 4 is 11.9 Å². The number of likely N-dealkylation sites (tertiary alicyclic amines) is 1. The highest BCUT2D eigenvalue weighted by molar-refractivity contribution is 5.87. The monoisotopic (exact) mass is 603 g/mol. The SMILES string of the molecule is COc1ncc(C2CC3CCC2C3)cc1CN[C@H]1[C@H](C(C)(C)OC)[C@@H](C(=O)O)N(C(=O)C2CCCCC2)[C@H]1c1ccccc1. The number of benzene rings is 1. The fourth-order valence-corrected chi connectivity index (χ4v) is 9.13. The fourth-order valence-electron chi connectivity index (χ4n) is 9.13. The molecule has 3 saturated carbocycles. The van der Waals surface area contributed by atoms with Gasteiger partial charge in [0.1, 0.15) is 6.04 Å². The van der Waals surface area contributed by atoms with Gasteiger partial charge < -0.3 is 24.8 Å². The zero-order valence-corrected chi connectivity index (χ0v) is 26.7. The van der Waals surface area contributed by atoms with Crippen LogP contribution in [0.3, 0.4) is 0 Å². The maximum absolute atomic E-state index is 14.4. The van der Waals surface area contributed by atoms with Gasteiger partial charge >= 0.3 is 5.97 Å². The van der Waals surface area contributed by atoms with Crippen LogP contribution in [0, 0.1) is 23.7 Å². The Morgan fingerprint density at radius 2 is 1.77 bits per heavy atom. The van der Waals surface area contributed by atoms with Gasteiger partial charge in [0.05, 0.1) is 18.8 Å². The van der Waals surface area contributed by atoms with Gasteiger partial charge in [-0.15, -0.1) is 0 Å². The molecule has 0 spiro atoms. The second-order valence-electron chi connectivity index (χ2n) is 14.2. The van der Waals surface area contributed by atoms with E-state index in [4.69, 9.17) is 14.5 Å². The van der Waals surface area contributed by atoms with E-state index in [-0.39, 0.29) is 11.8 Å². The molecule has 3 aliphatic carbocycles. The molecule has 2 aromatic rings. The number of nitrogens with one attached hydrogen (secondary N) is 1. The summed E-state index contributed by atoms with van der Waals surface area (Å²) in [6, 6.07) is 10.2. The molecule has 2 heterocycles. The van der Waals surface area contributed by atoms with E-state index >= 15 is 0 Å². The summed E-state index contributed by atoms with van der Waals surface area (Å²) in [4.78, 5) is 34.1. The second kappa shape index (κ2) is 12.8. The third kappa shape index (κ3) is 5.76. The van der Waals surface area contributed by atoms with Crippen LogP contribution in [0.4, 0.5) is 0 Å². The Morgan fingerprint density at radius 3 is 2.39 bits per heavy atom. The summed E-state index contributed by atoms with van der Waals surface area (Å²) in [6.45, 7) is 4.32. The summed E-state index contributed by atoms with van der Waals surface area (Å²) in [5.41, 5.74) is 2.32. The molecule has 1 aliphatic heterocycles. The van der Waals surface area contributed by atoms with Gasteiger partial charge in [0, 0.05) is 43.3 Å². The predicted molar refractivity (Wildman–Crippen MR) is 168 cm³/mol. The zero-order chi connectivity index (χ0) is 31.0. The number of hydrogen-bond acceptors (Lipinski definition) is 6. The number of ether oxygens (including phenoxy) is 2. The first-order chi connectivity index (χ1) is 21.2. The van der Waals surface area contributed by atoms with Gasteiger partial charge in [-0.05, 0) is 80.9 Å². The molecule has 1 amide bonds. The number of pyridine rings is 1. The normalized spacial score (nSPS) is 30.5. The van der Waals surface area contributed by atoms with Crippen molar-refractivity contribution in [2.75, 3.05) is 14.2 Å². The van der Waals surface area contributed by atoms with Gasteiger partial charge in [-0.1, -0.05) is 56.0 Å². The van der Waals surface area contributed by atoms with Gasteiger partial charge in [0.15, 0.2) is 0 Å². The van der Waals surface area contributed by atoms with E-state index in [9.17, 15) is 14.7 Å². The lowest BCUT2D eigenvalue weighted by atomic mass is 9.79. The first-order valence-electron chi connectivity index (χ1n) is 16.6. The zero-order valence-electron chi connectivity index (χ0n) is 26.7. The lowest BCUT2D eigenvalue weighted by Crippen LogP contribution is -2.53. The summed E-state index contributed by atoms with van der Waals surface area (Å²) >= 11 is 0. The summed E-state index contributed by atoms with van der Waals surface area (Å²) in [7, 11) is 3.28. The third-order valence-corrected chi connectivity index (χ3v) is 11.4. The van der Waals surface area contributed by atoms with Crippen LogP contribution in [-0.2, 0) is 20.9 Å². The molecule has 8 nitrogen and oxygen atoms in total. The van der Waals surface area contributed by atoms with Gasteiger partial charge in [-0.3, -0.25) is 4.79 Å². The number of rotatable bonds is 10. The standard InChI is InChI=1S/C36H49N3O5/c1-36(2,44-4)29-30(37-21-27-19-26(20-38-33(27)43-3)28-18-22-15-16-25(28)17-22)31(23-11-7-5-8-12-23)39(32(29)35(41)42)34(40)24-13-9-6-10-14-24/h5,7-8,11-12,19-20,22,24-25,28-32,37H,6,9-10,13-18,21H2,1-4H3,(H,41,42)/t22?,25?,28?,29-,30-,31-,32-/m0/s1. The Balaban J connectivity index is 1.39. The number of aliphatic carboxylic acids is 1. The number of fused-ring (bicyclic) bond motifs is 2. The minimum Gasteiger partial charge on any atom is -0.481 e. The molecule has 44 heavy (non-hydrogen) atoms. The Hall–Kier alpha value is -2.97. The van der Waals surface area contributed by atoms with Crippen LogP contribution in [0.5, 0.6) is 5.88 Å². The smallest absolute Gasteiger partial charge is 0.326 e. The van der Waals surface area contributed by atoms with E-state index in [1.54, 1.807) is 19.1 Å². The maximum Gasteiger partial charge on any atom is 0.326 e. The van der Waals surface area contributed by atoms with E-state index in [1.807, 2.05) is 50.4 Å². The average Bonchev–Trinajstić information content (AvgIpc) is 3.78. The van der Waals surface area contributed by atoms with E-state index in [1.165, 1.54) is 31.2 Å². The first kappa shape index (κ1) is 31.0. The molecular formula is C36H49N3O5. The topological polar surface area (TPSA) is 101 Å². The molecule has 3 unspecified atom stereocenters. The van der Waals surface area contributed by atoms with Crippen LogP contribution in [0.25, 0.3) is 0 Å². The molecular weight excluding hydrogens is 554 g/mol. The van der Waals surface area contributed by atoms with Crippen LogP contribution in [0.15, 0.2) is 42.6 Å². The lowest BCUT2D eigenvalue weighted by Gasteiger charge is -2.37. The molecule has 7 atom stereocenters. The average molecular weight is 604 g/mol. The molecule has 8 heteroatoms. The van der Waals surface area contributed by atoms with Gasteiger partial charge in [-0.25, -0.2) is 9.78 Å². The Bertz CT molecular complexity index is 1330. The minimum absolute atomic E-state index is 0.0512. The molecule has 6 rings (SSSR count). The summed E-state index contributed by atoms with van der Waals surface area (Å²) < 4.78 is 11.8. The highest BCUT2D eigenvalue weighted by Crippen LogP contribution is 2.53. The molecule has 2 N–H and O–H groups in total.